The number of anilines is 2. The number of carbonyl (C=O) groups excluding carboxylic acids is 2. The van der Waals surface area contributed by atoms with Crippen LogP contribution < -0.4 is 15.8 Å². The minimum Gasteiger partial charge on any atom is -0.377 e. The quantitative estimate of drug-likeness (QED) is 0.490. The van der Waals surface area contributed by atoms with E-state index in [1.54, 1.807) is 18.4 Å². The predicted octanol–water partition coefficient (Wildman–Crippen LogP) is 2.86. The molecular formula is C28H30F3N7O4. The first-order valence-corrected chi connectivity index (χ1v) is 13.8. The molecule has 14 heteroatoms. The van der Waals surface area contributed by atoms with Crippen LogP contribution >= 0.6 is 0 Å². The number of alkyl halides is 3. The van der Waals surface area contributed by atoms with E-state index in [0.29, 0.717) is 49.9 Å². The van der Waals surface area contributed by atoms with Crippen molar-refractivity contribution >= 4 is 34.5 Å². The number of halogens is 3. The van der Waals surface area contributed by atoms with Gasteiger partial charge in [0, 0.05) is 43.5 Å². The van der Waals surface area contributed by atoms with Crippen LogP contribution in [0.5, 0.6) is 0 Å². The Kier molecular flexibility index (Phi) is 7.03. The van der Waals surface area contributed by atoms with Crippen molar-refractivity contribution in [3.05, 3.63) is 57.8 Å². The monoisotopic (exact) mass is 585 g/mol. The zero-order chi connectivity index (χ0) is 29.8. The Hall–Kier alpha value is -4.20. The Morgan fingerprint density at radius 1 is 1.12 bits per heavy atom. The number of ether oxygens (including phenoxy) is 1. The smallest absolute Gasteiger partial charge is 0.377 e. The molecule has 1 N–H and O–H groups in total. The summed E-state index contributed by atoms with van der Waals surface area (Å²) < 4.78 is 47.1. The molecule has 3 aliphatic rings. The number of benzene rings is 1. The number of nitrogens with one attached hydrogen (secondary N) is 1. The molecule has 2 bridgehead atoms. The van der Waals surface area contributed by atoms with Crippen LogP contribution in [0, 0.1) is 6.92 Å². The number of hydrogen-bond donors (Lipinski definition) is 1. The van der Waals surface area contributed by atoms with E-state index in [-0.39, 0.29) is 41.6 Å². The Balaban J connectivity index is 1.38. The van der Waals surface area contributed by atoms with Gasteiger partial charge in [-0.25, -0.2) is 0 Å². The lowest BCUT2D eigenvalue weighted by Crippen LogP contribution is -2.56. The molecule has 0 spiro atoms. The van der Waals surface area contributed by atoms with Crippen LogP contribution in [0.3, 0.4) is 0 Å². The number of nitrogens with zero attached hydrogens (tertiary/aromatic N) is 6. The number of hydrogen-bond acceptors (Lipinski definition) is 7. The summed E-state index contributed by atoms with van der Waals surface area (Å²) in [6.07, 6.45) is -0.373. The summed E-state index contributed by atoms with van der Waals surface area (Å²) in [4.78, 5) is 47.9. The molecule has 2 unspecified atom stereocenters. The van der Waals surface area contributed by atoms with Gasteiger partial charge in [0.15, 0.2) is 5.82 Å². The van der Waals surface area contributed by atoms with Crippen molar-refractivity contribution in [3.63, 3.8) is 0 Å². The average molecular weight is 586 g/mol. The van der Waals surface area contributed by atoms with Crippen LogP contribution in [0.25, 0.3) is 11.4 Å². The van der Waals surface area contributed by atoms with Crippen LogP contribution in [0.4, 0.5) is 24.5 Å². The van der Waals surface area contributed by atoms with Crippen molar-refractivity contribution in [1.29, 1.82) is 0 Å². The minimum atomic E-state index is -4.49. The van der Waals surface area contributed by atoms with Crippen LogP contribution in [0.2, 0.25) is 0 Å². The van der Waals surface area contributed by atoms with Crippen molar-refractivity contribution in [2.24, 2.45) is 0 Å². The van der Waals surface area contributed by atoms with E-state index < -0.39 is 17.6 Å². The molecule has 2 saturated heterocycles. The highest BCUT2D eigenvalue weighted by atomic mass is 19.4. The average Bonchev–Trinajstić information content (AvgIpc) is 3.51. The molecule has 2 atom stereocenters. The first kappa shape index (κ1) is 27.9. The fraction of sp³-hybridized carbons (Fsp3) is 0.464. The van der Waals surface area contributed by atoms with Gasteiger partial charge in [0.2, 0.25) is 17.6 Å². The summed E-state index contributed by atoms with van der Waals surface area (Å²) >= 11 is 0. The van der Waals surface area contributed by atoms with E-state index in [2.05, 4.69) is 15.4 Å². The number of carbonyl (C=O) groups is 2. The highest BCUT2D eigenvalue weighted by Gasteiger charge is 2.42. The molecular weight excluding hydrogens is 555 g/mol. The van der Waals surface area contributed by atoms with Crippen LogP contribution in [-0.2, 0) is 27.0 Å². The molecule has 2 amide bonds. The lowest BCUT2D eigenvalue weighted by Gasteiger charge is -2.41. The Morgan fingerprint density at radius 3 is 2.40 bits per heavy atom. The number of piperazine rings is 1. The van der Waals surface area contributed by atoms with Crippen LogP contribution in [0.1, 0.15) is 43.3 Å². The molecule has 2 aromatic heterocycles. The fourth-order valence-electron chi connectivity index (χ4n) is 6.25. The van der Waals surface area contributed by atoms with Gasteiger partial charge in [0.05, 0.1) is 18.8 Å². The Morgan fingerprint density at radius 2 is 1.81 bits per heavy atom. The first-order chi connectivity index (χ1) is 20.0. The van der Waals surface area contributed by atoms with Gasteiger partial charge in [0.25, 0.3) is 5.56 Å². The third-order valence-corrected chi connectivity index (χ3v) is 8.18. The molecule has 6 rings (SSSR count). The van der Waals surface area contributed by atoms with Gasteiger partial charge in [-0.15, -0.1) is 5.10 Å². The molecule has 222 valence electrons. The van der Waals surface area contributed by atoms with Gasteiger partial charge in [-0.1, -0.05) is 6.08 Å². The topological polar surface area (TPSA) is 114 Å². The van der Waals surface area contributed by atoms with Gasteiger partial charge >= 0.3 is 6.18 Å². The third-order valence-electron chi connectivity index (χ3n) is 8.18. The van der Waals surface area contributed by atoms with Crippen LogP contribution in [-0.4, -0.2) is 74.3 Å². The maximum atomic E-state index is 13.9. The normalized spacial score (nSPS) is 20.6. The highest BCUT2D eigenvalue weighted by molar-refractivity contribution is 5.91. The first-order valence-electron chi connectivity index (χ1n) is 13.8. The maximum Gasteiger partial charge on any atom is 0.416 e. The second-order valence-corrected chi connectivity index (χ2v) is 10.9. The molecule has 3 aromatic rings. The largest absolute Gasteiger partial charge is 0.416 e. The predicted molar refractivity (Wildman–Crippen MR) is 147 cm³/mol. The van der Waals surface area contributed by atoms with Gasteiger partial charge < -0.3 is 24.4 Å². The molecule has 5 heterocycles. The van der Waals surface area contributed by atoms with Crippen molar-refractivity contribution < 1.29 is 27.5 Å². The summed E-state index contributed by atoms with van der Waals surface area (Å²) in [6, 6.07) is 4.14. The second-order valence-electron chi connectivity index (χ2n) is 10.9. The standard InChI is InChI=1S/C28H30F3N7O4/c1-16-24(35-13-21-7-8-22(14-35)37(21)17(2)39)26(41)38-27(33-25(34-38)18-9-11-42-12-10-18)36(16)15-23(40)32-20-5-3-19(4-6-20)28(29,30)31/h3-6,9,21-22H,7-8,10-15H2,1-2H3,(H,32,40). The molecule has 0 aliphatic carbocycles. The van der Waals surface area contributed by atoms with E-state index in [4.69, 9.17) is 4.74 Å². The summed E-state index contributed by atoms with van der Waals surface area (Å²) in [5, 5.41) is 7.17. The maximum absolute atomic E-state index is 13.9. The van der Waals surface area contributed by atoms with E-state index >= 15 is 0 Å². The SMILES string of the molecule is CC(=O)N1C2CCC1CN(c1c(C)n(CC(=O)Nc3ccc(C(F)(F)F)cc3)c3nc(C4=CCOCC4)nn3c1=O)C2. The molecule has 42 heavy (non-hydrogen) atoms. The number of aromatic nitrogens is 4. The third kappa shape index (κ3) is 5.03. The Labute approximate surface area is 238 Å². The van der Waals surface area contributed by atoms with Gasteiger partial charge in [-0.3, -0.25) is 14.4 Å². The van der Waals surface area contributed by atoms with E-state index in [1.807, 2.05) is 15.9 Å². The van der Waals surface area contributed by atoms with Crippen molar-refractivity contribution in [3.8, 4) is 0 Å². The minimum absolute atomic E-state index is 0.0114. The zero-order valence-electron chi connectivity index (χ0n) is 23.1. The number of rotatable bonds is 5. The molecule has 11 nitrogen and oxygen atoms in total. The fourth-order valence-corrected chi connectivity index (χ4v) is 6.25. The van der Waals surface area contributed by atoms with E-state index in [9.17, 15) is 27.6 Å². The zero-order valence-corrected chi connectivity index (χ0v) is 23.1. The van der Waals surface area contributed by atoms with Gasteiger partial charge in [-0.05, 0) is 56.0 Å². The van der Waals surface area contributed by atoms with Gasteiger partial charge in [-0.2, -0.15) is 22.7 Å². The molecule has 0 saturated carbocycles. The summed E-state index contributed by atoms with van der Waals surface area (Å²) in [5.41, 5.74) is 0.726. The lowest BCUT2D eigenvalue weighted by atomic mass is 10.1. The number of fused-ring (bicyclic) bond motifs is 3. The molecule has 3 aliphatic heterocycles. The van der Waals surface area contributed by atoms with Gasteiger partial charge in [0.1, 0.15) is 12.2 Å². The molecule has 0 radical (unpaired) electrons. The second kappa shape index (κ2) is 10.6. The highest BCUT2D eigenvalue weighted by Crippen LogP contribution is 2.33. The van der Waals surface area contributed by atoms with E-state index in [1.165, 1.54) is 16.6 Å². The summed E-state index contributed by atoms with van der Waals surface area (Å²) in [7, 11) is 0. The molecule has 2 fully saturated rings. The van der Waals surface area contributed by atoms with Crippen molar-refractivity contribution in [1.82, 2.24) is 24.1 Å². The van der Waals surface area contributed by atoms with Crippen molar-refractivity contribution in [2.45, 2.75) is 57.9 Å². The lowest BCUT2D eigenvalue weighted by molar-refractivity contribution is -0.137. The summed E-state index contributed by atoms with van der Waals surface area (Å²) in [5.74, 6) is 0.0462. The Bertz CT molecular complexity index is 1630. The number of amides is 2. The van der Waals surface area contributed by atoms with E-state index in [0.717, 1.165) is 30.5 Å². The van der Waals surface area contributed by atoms with Crippen molar-refractivity contribution in [2.75, 3.05) is 36.5 Å². The molecule has 1 aromatic carbocycles. The van der Waals surface area contributed by atoms with Crippen LogP contribution in [0.15, 0.2) is 35.1 Å². The summed E-state index contributed by atoms with van der Waals surface area (Å²) in [6.45, 7) is 4.88.